The summed E-state index contributed by atoms with van der Waals surface area (Å²) in [7, 11) is 0. The van der Waals surface area contributed by atoms with Gasteiger partial charge in [0.2, 0.25) is 0 Å². The van der Waals surface area contributed by atoms with Crippen molar-refractivity contribution in [1.29, 1.82) is 0 Å². The van der Waals surface area contributed by atoms with Crippen LogP contribution in [-0.4, -0.2) is 29.6 Å². The minimum atomic E-state index is -0.358. The summed E-state index contributed by atoms with van der Waals surface area (Å²) in [5.74, 6) is 0.0561. The molecular weight excluding hydrogens is 374 g/mol. The van der Waals surface area contributed by atoms with Crippen molar-refractivity contribution in [3.63, 3.8) is 0 Å². The molecular formula is C21H25N3O3S. The summed E-state index contributed by atoms with van der Waals surface area (Å²) in [6, 6.07) is 13.9. The lowest BCUT2D eigenvalue weighted by molar-refractivity contribution is 0.0942. The van der Waals surface area contributed by atoms with Gasteiger partial charge in [-0.3, -0.25) is 14.9 Å². The molecule has 0 spiro atoms. The van der Waals surface area contributed by atoms with E-state index in [1.165, 1.54) is 0 Å². The summed E-state index contributed by atoms with van der Waals surface area (Å²) in [6.07, 6.45) is 0.883. The van der Waals surface area contributed by atoms with Crippen molar-refractivity contribution in [2.45, 2.75) is 33.2 Å². The highest BCUT2D eigenvalue weighted by atomic mass is 32.1. The van der Waals surface area contributed by atoms with E-state index in [0.29, 0.717) is 29.2 Å². The lowest BCUT2D eigenvalue weighted by Crippen LogP contribution is -2.35. The molecule has 0 saturated heterocycles. The summed E-state index contributed by atoms with van der Waals surface area (Å²) in [5.41, 5.74) is 1.40. The Hall–Kier alpha value is -2.93. The third-order valence-electron chi connectivity index (χ3n) is 3.64. The van der Waals surface area contributed by atoms with Gasteiger partial charge >= 0.3 is 0 Å². The maximum atomic E-state index is 12.5. The van der Waals surface area contributed by atoms with Crippen molar-refractivity contribution >= 4 is 34.8 Å². The molecule has 0 radical (unpaired) electrons. The molecule has 0 aliphatic carbocycles. The van der Waals surface area contributed by atoms with Gasteiger partial charge in [-0.15, -0.1) is 0 Å². The Morgan fingerprint density at radius 3 is 2.54 bits per heavy atom. The number of anilines is 1. The van der Waals surface area contributed by atoms with Crippen LogP contribution in [-0.2, 0) is 0 Å². The Bertz CT molecular complexity index is 852. The van der Waals surface area contributed by atoms with E-state index in [0.717, 1.165) is 6.42 Å². The zero-order chi connectivity index (χ0) is 20.5. The second-order valence-electron chi connectivity index (χ2n) is 6.46. The maximum absolute atomic E-state index is 12.5. The highest BCUT2D eigenvalue weighted by molar-refractivity contribution is 7.80. The minimum Gasteiger partial charge on any atom is -0.494 e. The van der Waals surface area contributed by atoms with E-state index < -0.39 is 0 Å². The van der Waals surface area contributed by atoms with Crippen molar-refractivity contribution in [3.05, 3.63) is 59.7 Å². The van der Waals surface area contributed by atoms with E-state index in [-0.39, 0.29) is 23.0 Å². The van der Waals surface area contributed by atoms with Gasteiger partial charge in [-0.05, 0) is 62.8 Å². The minimum absolute atomic E-state index is 0.00872. The average Bonchev–Trinajstić information content (AvgIpc) is 2.66. The molecule has 2 amide bonds. The molecule has 148 valence electrons. The second kappa shape index (κ2) is 10.4. The molecule has 28 heavy (non-hydrogen) atoms. The van der Waals surface area contributed by atoms with Crippen molar-refractivity contribution in [3.8, 4) is 5.75 Å². The van der Waals surface area contributed by atoms with Gasteiger partial charge < -0.3 is 15.4 Å². The molecule has 0 aliphatic rings. The molecule has 0 heterocycles. The van der Waals surface area contributed by atoms with Crippen LogP contribution in [0.3, 0.4) is 0 Å². The fraction of sp³-hybridized carbons (Fsp3) is 0.286. The van der Waals surface area contributed by atoms with Gasteiger partial charge in [0, 0.05) is 11.6 Å². The normalized spacial score (nSPS) is 10.3. The average molecular weight is 400 g/mol. The van der Waals surface area contributed by atoms with Crippen LogP contribution in [0.15, 0.2) is 48.5 Å². The first-order valence-corrected chi connectivity index (χ1v) is 9.56. The zero-order valence-corrected chi connectivity index (χ0v) is 17.1. The largest absolute Gasteiger partial charge is 0.494 e. The molecule has 2 aromatic rings. The van der Waals surface area contributed by atoms with Crippen LogP contribution in [0.25, 0.3) is 0 Å². The number of nitrogens with one attached hydrogen (secondary N) is 3. The van der Waals surface area contributed by atoms with Gasteiger partial charge in [0.05, 0.1) is 17.9 Å². The molecule has 0 aromatic heterocycles. The molecule has 0 unspecified atom stereocenters. The molecule has 3 N–H and O–H groups in total. The molecule has 2 aromatic carbocycles. The van der Waals surface area contributed by atoms with Gasteiger partial charge in [0.25, 0.3) is 11.8 Å². The van der Waals surface area contributed by atoms with E-state index in [9.17, 15) is 9.59 Å². The van der Waals surface area contributed by atoms with Crippen LogP contribution in [0.1, 0.15) is 47.9 Å². The van der Waals surface area contributed by atoms with Gasteiger partial charge in [-0.2, -0.15) is 0 Å². The molecule has 0 atom stereocenters. The smallest absolute Gasteiger partial charge is 0.257 e. The first kappa shape index (κ1) is 21.4. The number of carbonyl (C=O) groups excluding carboxylic acids is 2. The summed E-state index contributed by atoms with van der Waals surface area (Å²) in [5, 5.41) is 8.50. The number of hydrogen-bond donors (Lipinski definition) is 3. The fourth-order valence-corrected chi connectivity index (χ4v) is 2.61. The van der Waals surface area contributed by atoms with Gasteiger partial charge in [0.15, 0.2) is 5.11 Å². The molecule has 0 fully saturated rings. The molecule has 0 bridgehead atoms. The van der Waals surface area contributed by atoms with E-state index >= 15 is 0 Å². The van der Waals surface area contributed by atoms with Gasteiger partial charge in [-0.25, -0.2) is 0 Å². The number of benzene rings is 2. The number of hydrogen-bond acceptors (Lipinski definition) is 4. The lowest BCUT2D eigenvalue weighted by Gasteiger charge is -2.15. The standard InChI is InChI=1S/C21H25N3O3S/c1-4-12-27-16-9-7-8-15(13-16)19(25)24-21(28)23-18-11-6-5-10-17(18)20(26)22-14(2)3/h5-11,13-14H,4,12H2,1-3H3,(H,22,26)(H2,23,24,25,28). The Morgan fingerprint density at radius 1 is 1.07 bits per heavy atom. The summed E-state index contributed by atoms with van der Waals surface area (Å²) >= 11 is 5.24. The third-order valence-corrected chi connectivity index (χ3v) is 3.84. The molecule has 2 rings (SSSR count). The Morgan fingerprint density at radius 2 is 1.82 bits per heavy atom. The van der Waals surface area contributed by atoms with Crippen LogP contribution < -0.4 is 20.7 Å². The second-order valence-corrected chi connectivity index (χ2v) is 6.87. The highest BCUT2D eigenvalue weighted by Gasteiger charge is 2.14. The quantitative estimate of drug-likeness (QED) is 0.618. The Kier molecular flexibility index (Phi) is 7.95. The zero-order valence-electron chi connectivity index (χ0n) is 16.2. The number of para-hydroxylation sites is 1. The first-order valence-electron chi connectivity index (χ1n) is 9.15. The Balaban J connectivity index is 2.05. The van der Waals surface area contributed by atoms with Crippen molar-refractivity contribution < 1.29 is 14.3 Å². The fourth-order valence-electron chi connectivity index (χ4n) is 2.41. The third kappa shape index (κ3) is 6.35. The molecule has 7 heteroatoms. The van der Waals surface area contributed by atoms with Crippen molar-refractivity contribution in [2.75, 3.05) is 11.9 Å². The van der Waals surface area contributed by atoms with E-state index in [1.54, 1.807) is 48.5 Å². The predicted octanol–water partition coefficient (Wildman–Crippen LogP) is 3.74. The number of amides is 2. The number of thiocarbonyl (C=S) groups is 1. The first-order chi connectivity index (χ1) is 13.4. The van der Waals surface area contributed by atoms with Crippen molar-refractivity contribution in [1.82, 2.24) is 10.6 Å². The Labute approximate surface area is 170 Å². The number of rotatable bonds is 7. The van der Waals surface area contributed by atoms with Crippen LogP contribution >= 0.6 is 12.2 Å². The SMILES string of the molecule is CCCOc1cccc(C(=O)NC(=S)Nc2ccccc2C(=O)NC(C)C)c1. The van der Waals surface area contributed by atoms with Crippen molar-refractivity contribution in [2.24, 2.45) is 0 Å². The van der Waals surface area contributed by atoms with E-state index in [2.05, 4.69) is 16.0 Å². The number of ether oxygens (including phenoxy) is 1. The highest BCUT2D eigenvalue weighted by Crippen LogP contribution is 2.16. The lowest BCUT2D eigenvalue weighted by atomic mass is 10.1. The number of carbonyl (C=O) groups is 2. The van der Waals surface area contributed by atoms with Crippen LogP contribution in [0.5, 0.6) is 5.75 Å². The van der Waals surface area contributed by atoms with E-state index in [4.69, 9.17) is 17.0 Å². The summed E-state index contributed by atoms with van der Waals surface area (Å²) in [4.78, 5) is 24.8. The maximum Gasteiger partial charge on any atom is 0.257 e. The van der Waals surface area contributed by atoms with Crippen LogP contribution in [0.4, 0.5) is 5.69 Å². The predicted molar refractivity (Wildman–Crippen MR) is 115 cm³/mol. The van der Waals surface area contributed by atoms with Gasteiger partial charge in [-0.1, -0.05) is 25.1 Å². The van der Waals surface area contributed by atoms with Crippen LogP contribution in [0, 0.1) is 0 Å². The molecule has 6 nitrogen and oxygen atoms in total. The molecule has 0 saturated carbocycles. The molecule has 0 aliphatic heterocycles. The van der Waals surface area contributed by atoms with E-state index in [1.807, 2.05) is 20.8 Å². The van der Waals surface area contributed by atoms with Crippen LogP contribution in [0.2, 0.25) is 0 Å². The topological polar surface area (TPSA) is 79.5 Å². The van der Waals surface area contributed by atoms with Gasteiger partial charge in [0.1, 0.15) is 5.75 Å². The summed E-state index contributed by atoms with van der Waals surface area (Å²) < 4.78 is 5.55. The monoisotopic (exact) mass is 399 g/mol. The summed E-state index contributed by atoms with van der Waals surface area (Å²) in [6.45, 7) is 6.37.